The van der Waals surface area contributed by atoms with E-state index in [1.54, 1.807) is 0 Å². The Kier molecular flexibility index (Phi) is 4.95. The number of nitrogens with zero attached hydrogens (tertiary/aromatic N) is 2. The van der Waals surface area contributed by atoms with Crippen LogP contribution >= 0.6 is 0 Å². The van der Waals surface area contributed by atoms with Crippen LogP contribution in [0.2, 0.25) is 0 Å². The largest absolute Gasteiger partial charge is 0.338 e. The molecule has 0 saturated carbocycles. The Morgan fingerprint density at radius 3 is 2.24 bits per heavy atom. The third-order valence-electron chi connectivity index (χ3n) is 4.21. The third kappa shape index (κ3) is 3.19. The lowest BCUT2D eigenvalue weighted by atomic mass is 9.97. The van der Waals surface area contributed by atoms with Gasteiger partial charge in [-0.3, -0.25) is 9.69 Å². The number of hydrogen-bond acceptors (Lipinski definition) is 3. The molecule has 17 heavy (non-hydrogen) atoms. The number of amides is 1. The van der Waals surface area contributed by atoms with Crippen molar-refractivity contribution in [2.24, 2.45) is 11.7 Å². The van der Waals surface area contributed by atoms with Crippen LogP contribution in [0.15, 0.2) is 0 Å². The Balaban J connectivity index is 2.64. The van der Waals surface area contributed by atoms with Gasteiger partial charge in [0, 0.05) is 25.2 Å². The van der Waals surface area contributed by atoms with Gasteiger partial charge in [0.2, 0.25) is 5.91 Å². The number of likely N-dealkylation sites (N-methyl/N-ethyl adjacent to an activating group) is 1. The summed E-state index contributed by atoms with van der Waals surface area (Å²) in [5.74, 6) is 0.374. The average molecular weight is 241 g/mol. The molecule has 4 heteroatoms. The number of rotatable bonds is 3. The first-order valence-electron chi connectivity index (χ1n) is 6.64. The lowest BCUT2D eigenvalue weighted by molar-refractivity contribution is -0.137. The van der Waals surface area contributed by atoms with E-state index in [0.29, 0.717) is 12.1 Å². The van der Waals surface area contributed by atoms with E-state index in [1.807, 2.05) is 11.8 Å². The van der Waals surface area contributed by atoms with Crippen LogP contribution in [0.4, 0.5) is 0 Å². The Morgan fingerprint density at radius 2 is 1.82 bits per heavy atom. The second-order valence-corrected chi connectivity index (χ2v) is 5.52. The molecule has 0 radical (unpaired) electrons. The highest BCUT2D eigenvalue weighted by Gasteiger charge is 2.32. The van der Waals surface area contributed by atoms with Crippen molar-refractivity contribution >= 4 is 5.91 Å². The fourth-order valence-corrected chi connectivity index (χ4v) is 2.29. The molecule has 0 bridgehead atoms. The number of hydrogen-bond donors (Lipinski definition) is 1. The van der Waals surface area contributed by atoms with Gasteiger partial charge in [-0.05, 0) is 26.8 Å². The van der Waals surface area contributed by atoms with Gasteiger partial charge in [-0.25, -0.2) is 0 Å². The molecular formula is C13H27N3O. The zero-order chi connectivity index (χ0) is 13.2. The normalized spacial score (nSPS) is 30.1. The molecule has 0 aromatic rings. The van der Waals surface area contributed by atoms with E-state index in [4.69, 9.17) is 5.73 Å². The summed E-state index contributed by atoms with van der Waals surface area (Å²) in [5, 5.41) is 0. The van der Waals surface area contributed by atoms with Crippen molar-refractivity contribution in [2.45, 2.75) is 52.2 Å². The second-order valence-electron chi connectivity index (χ2n) is 5.52. The maximum atomic E-state index is 12.3. The van der Waals surface area contributed by atoms with E-state index in [-0.39, 0.29) is 17.9 Å². The van der Waals surface area contributed by atoms with E-state index >= 15 is 0 Å². The van der Waals surface area contributed by atoms with Crippen molar-refractivity contribution in [3.8, 4) is 0 Å². The summed E-state index contributed by atoms with van der Waals surface area (Å²) in [4.78, 5) is 16.5. The minimum Gasteiger partial charge on any atom is -0.338 e. The van der Waals surface area contributed by atoms with Crippen LogP contribution in [0.5, 0.6) is 0 Å². The summed E-state index contributed by atoms with van der Waals surface area (Å²) < 4.78 is 0. The standard InChI is InChI=1S/C13H27N3O/c1-6-9(2)12(14)13(17)16-7-10(3)15(5)11(4)8-16/h9-12H,6-8,14H2,1-5H3/t9-,10?,11?,12-/m0/s1. The second kappa shape index (κ2) is 5.83. The Hall–Kier alpha value is -0.610. The minimum absolute atomic E-state index is 0.117. The van der Waals surface area contributed by atoms with Gasteiger partial charge in [0.1, 0.15) is 0 Å². The molecule has 1 aliphatic rings. The number of carbonyl (C=O) groups excluding carboxylic acids is 1. The van der Waals surface area contributed by atoms with Gasteiger partial charge in [0.15, 0.2) is 0 Å². The zero-order valence-electron chi connectivity index (χ0n) is 11.8. The summed E-state index contributed by atoms with van der Waals surface area (Å²) in [5.41, 5.74) is 6.02. The molecular weight excluding hydrogens is 214 g/mol. The summed E-state index contributed by atoms with van der Waals surface area (Å²) in [6.07, 6.45) is 0.950. The fourth-order valence-electron chi connectivity index (χ4n) is 2.29. The van der Waals surface area contributed by atoms with E-state index in [2.05, 4.69) is 32.7 Å². The quantitative estimate of drug-likeness (QED) is 0.799. The van der Waals surface area contributed by atoms with Crippen LogP contribution in [-0.2, 0) is 4.79 Å². The van der Waals surface area contributed by atoms with Crippen molar-refractivity contribution in [1.29, 1.82) is 0 Å². The highest BCUT2D eigenvalue weighted by Crippen LogP contribution is 2.16. The molecule has 0 aliphatic carbocycles. The van der Waals surface area contributed by atoms with Gasteiger partial charge in [0.05, 0.1) is 6.04 Å². The molecule has 1 aliphatic heterocycles. The lowest BCUT2D eigenvalue weighted by Gasteiger charge is -2.43. The molecule has 0 aromatic heterocycles. The molecule has 100 valence electrons. The molecule has 4 atom stereocenters. The fraction of sp³-hybridized carbons (Fsp3) is 0.923. The SMILES string of the molecule is CC[C@H](C)[C@H](N)C(=O)N1CC(C)N(C)C(C)C1. The molecule has 1 amide bonds. The van der Waals surface area contributed by atoms with Crippen LogP contribution in [0.1, 0.15) is 34.1 Å². The molecule has 1 rings (SSSR count). The van der Waals surface area contributed by atoms with E-state index in [9.17, 15) is 4.79 Å². The van der Waals surface area contributed by atoms with Gasteiger partial charge in [-0.15, -0.1) is 0 Å². The van der Waals surface area contributed by atoms with Gasteiger partial charge >= 0.3 is 0 Å². The van der Waals surface area contributed by atoms with Crippen molar-refractivity contribution in [1.82, 2.24) is 9.80 Å². The van der Waals surface area contributed by atoms with E-state index in [0.717, 1.165) is 19.5 Å². The Morgan fingerprint density at radius 1 is 1.35 bits per heavy atom. The van der Waals surface area contributed by atoms with Gasteiger partial charge in [0.25, 0.3) is 0 Å². The molecule has 1 heterocycles. The molecule has 4 nitrogen and oxygen atoms in total. The topological polar surface area (TPSA) is 49.6 Å². The number of carbonyl (C=O) groups is 1. The first kappa shape index (κ1) is 14.5. The van der Waals surface area contributed by atoms with Gasteiger partial charge in [-0.1, -0.05) is 20.3 Å². The van der Waals surface area contributed by atoms with Crippen molar-refractivity contribution in [2.75, 3.05) is 20.1 Å². The van der Waals surface area contributed by atoms with Gasteiger partial charge in [-0.2, -0.15) is 0 Å². The van der Waals surface area contributed by atoms with Crippen LogP contribution in [-0.4, -0.2) is 54.0 Å². The highest BCUT2D eigenvalue weighted by molar-refractivity contribution is 5.82. The minimum atomic E-state index is -0.345. The predicted molar refractivity (Wildman–Crippen MR) is 70.7 cm³/mol. The number of nitrogens with two attached hydrogens (primary N) is 1. The van der Waals surface area contributed by atoms with E-state index in [1.165, 1.54) is 0 Å². The first-order valence-corrected chi connectivity index (χ1v) is 6.64. The Bertz CT molecular complexity index is 257. The van der Waals surface area contributed by atoms with Crippen LogP contribution < -0.4 is 5.73 Å². The monoisotopic (exact) mass is 241 g/mol. The number of piperazine rings is 1. The summed E-state index contributed by atoms with van der Waals surface area (Å²) in [6.45, 7) is 10.0. The third-order valence-corrected chi connectivity index (χ3v) is 4.21. The zero-order valence-corrected chi connectivity index (χ0v) is 11.8. The molecule has 2 N–H and O–H groups in total. The predicted octanol–water partition coefficient (Wildman–Crippen LogP) is 0.911. The lowest BCUT2D eigenvalue weighted by Crippen LogP contribution is -2.59. The average Bonchev–Trinajstić information content (AvgIpc) is 2.32. The summed E-state index contributed by atoms with van der Waals surface area (Å²) in [7, 11) is 2.12. The highest BCUT2D eigenvalue weighted by atomic mass is 16.2. The summed E-state index contributed by atoms with van der Waals surface area (Å²) >= 11 is 0. The van der Waals surface area contributed by atoms with E-state index < -0.39 is 0 Å². The molecule has 1 fully saturated rings. The first-order chi connectivity index (χ1) is 7.88. The van der Waals surface area contributed by atoms with Crippen molar-refractivity contribution in [3.63, 3.8) is 0 Å². The van der Waals surface area contributed by atoms with Crippen LogP contribution in [0.25, 0.3) is 0 Å². The maximum Gasteiger partial charge on any atom is 0.239 e. The molecule has 0 aromatic carbocycles. The van der Waals surface area contributed by atoms with Crippen molar-refractivity contribution < 1.29 is 4.79 Å². The Labute approximate surface area is 105 Å². The van der Waals surface area contributed by atoms with Crippen molar-refractivity contribution in [3.05, 3.63) is 0 Å². The molecule has 2 unspecified atom stereocenters. The van der Waals surface area contributed by atoms with Crippen LogP contribution in [0, 0.1) is 5.92 Å². The summed E-state index contributed by atoms with van der Waals surface area (Å²) in [6, 6.07) is 0.474. The maximum absolute atomic E-state index is 12.3. The van der Waals surface area contributed by atoms with Crippen LogP contribution in [0.3, 0.4) is 0 Å². The van der Waals surface area contributed by atoms with Gasteiger partial charge < -0.3 is 10.6 Å². The molecule has 1 saturated heterocycles. The smallest absolute Gasteiger partial charge is 0.239 e. The molecule has 0 spiro atoms.